The highest BCUT2D eigenvalue weighted by Crippen LogP contribution is 2.27. The Morgan fingerprint density at radius 3 is 2.66 bits per heavy atom. The van der Waals surface area contributed by atoms with Gasteiger partial charge in [-0.2, -0.15) is 4.98 Å². The molecule has 0 bridgehead atoms. The summed E-state index contributed by atoms with van der Waals surface area (Å²) >= 11 is 0. The van der Waals surface area contributed by atoms with E-state index in [4.69, 9.17) is 9.26 Å². The zero-order chi connectivity index (χ0) is 22.7. The van der Waals surface area contributed by atoms with Gasteiger partial charge in [-0.25, -0.2) is 0 Å². The van der Waals surface area contributed by atoms with E-state index in [2.05, 4.69) is 15.1 Å². The molecule has 0 aliphatic carbocycles. The van der Waals surface area contributed by atoms with Crippen molar-refractivity contribution in [2.75, 3.05) is 26.7 Å². The van der Waals surface area contributed by atoms with E-state index in [1.807, 2.05) is 13.0 Å². The summed E-state index contributed by atoms with van der Waals surface area (Å²) in [6, 6.07) is 8.26. The van der Waals surface area contributed by atoms with Crippen LogP contribution < -0.4 is 4.74 Å². The van der Waals surface area contributed by atoms with E-state index in [1.165, 1.54) is 6.20 Å². The average molecular weight is 435 g/mol. The highest BCUT2D eigenvalue weighted by molar-refractivity contribution is 5.96. The van der Waals surface area contributed by atoms with Crippen molar-refractivity contribution in [1.82, 2.24) is 24.9 Å². The summed E-state index contributed by atoms with van der Waals surface area (Å²) < 4.78 is 10.7. The van der Waals surface area contributed by atoms with Gasteiger partial charge in [0.15, 0.2) is 5.82 Å². The van der Waals surface area contributed by atoms with E-state index in [0.29, 0.717) is 48.1 Å². The Labute approximate surface area is 186 Å². The second kappa shape index (κ2) is 9.17. The highest BCUT2D eigenvalue weighted by Gasteiger charge is 2.36. The molecule has 1 atom stereocenters. The first-order valence-corrected chi connectivity index (χ1v) is 10.4. The van der Waals surface area contributed by atoms with E-state index in [0.717, 1.165) is 5.56 Å². The fraction of sp³-hybridized carbons (Fsp3) is 0.348. The third-order valence-corrected chi connectivity index (χ3v) is 5.55. The molecule has 2 aromatic heterocycles. The minimum atomic E-state index is -0.561. The molecule has 1 saturated heterocycles. The molecule has 0 N–H and O–H groups in total. The molecular weight excluding hydrogens is 410 g/mol. The first-order chi connectivity index (χ1) is 15.5. The largest absolute Gasteiger partial charge is 0.497 e. The average Bonchev–Trinajstić information content (AvgIpc) is 3.12. The Morgan fingerprint density at radius 2 is 2.00 bits per heavy atom. The van der Waals surface area contributed by atoms with Crippen molar-refractivity contribution in [1.29, 1.82) is 0 Å². The summed E-state index contributed by atoms with van der Waals surface area (Å²) in [4.78, 5) is 38.6. The van der Waals surface area contributed by atoms with Crippen molar-refractivity contribution in [3.05, 3.63) is 71.1 Å². The van der Waals surface area contributed by atoms with Crippen LogP contribution in [0.25, 0.3) is 0 Å². The van der Waals surface area contributed by atoms with Gasteiger partial charge in [0.05, 0.1) is 19.2 Å². The summed E-state index contributed by atoms with van der Waals surface area (Å²) in [5.74, 6) is 1.19. The lowest BCUT2D eigenvalue weighted by molar-refractivity contribution is 0.0592. The van der Waals surface area contributed by atoms with Crippen LogP contribution in [0.1, 0.15) is 50.5 Å². The Hall–Kier alpha value is -3.75. The molecular formula is C23H25N5O4. The molecule has 1 aromatic carbocycles. The van der Waals surface area contributed by atoms with Crippen LogP contribution in [0.5, 0.6) is 5.75 Å². The van der Waals surface area contributed by atoms with Crippen LogP contribution in [0, 0.1) is 13.8 Å². The second-order valence-corrected chi connectivity index (χ2v) is 7.72. The van der Waals surface area contributed by atoms with Crippen molar-refractivity contribution < 1.29 is 18.8 Å². The maximum absolute atomic E-state index is 13.4. The van der Waals surface area contributed by atoms with Gasteiger partial charge in [-0.1, -0.05) is 5.16 Å². The molecule has 166 valence electrons. The molecule has 1 aliphatic heterocycles. The second-order valence-electron chi connectivity index (χ2n) is 7.72. The van der Waals surface area contributed by atoms with Gasteiger partial charge in [0.2, 0.25) is 0 Å². The van der Waals surface area contributed by atoms with Gasteiger partial charge in [0, 0.05) is 31.0 Å². The van der Waals surface area contributed by atoms with Crippen LogP contribution in [-0.4, -0.2) is 63.5 Å². The zero-order valence-electron chi connectivity index (χ0n) is 18.3. The molecule has 3 aromatic rings. The monoisotopic (exact) mass is 435 g/mol. The van der Waals surface area contributed by atoms with E-state index in [9.17, 15) is 9.59 Å². The topological polar surface area (TPSA) is 102 Å². The fourth-order valence-electron chi connectivity index (χ4n) is 3.90. The maximum atomic E-state index is 13.4. The first kappa shape index (κ1) is 21.5. The number of nitrogens with zero attached hydrogens (tertiary/aromatic N) is 5. The van der Waals surface area contributed by atoms with E-state index in [-0.39, 0.29) is 18.4 Å². The Bertz CT molecular complexity index is 1110. The Balaban J connectivity index is 1.65. The molecule has 9 heteroatoms. The van der Waals surface area contributed by atoms with Crippen LogP contribution in [0.4, 0.5) is 0 Å². The predicted molar refractivity (Wildman–Crippen MR) is 115 cm³/mol. The van der Waals surface area contributed by atoms with Gasteiger partial charge in [-0.3, -0.25) is 14.6 Å². The summed E-state index contributed by atoms with van der Waals surface area (Å²) in [7, 11) is 1.59. The smallest absolute Gasteiger partial charge is 0.256 e. The summed E-state index contributed by atoms with van der Waals surface area (Å²) in [5, 5.41) is 3.90. The number of ether oxygens (including phenoxy) is 1. The minimum absolute atomic E-state index is 0.109. The number of carbonyl (C=O) groups excluding carboxylic acids is 2. The molecule has 4 rings (SSSR count). The van der Waals surface area contributed by atoms with Gasteiger partial charge in [0.25, 0.3) is 17.7 Å². The molecule has 0 saturated carbocycles. The van der Waals surface area contributed by atoms with E-state index >= 15 is 0 Å². The molecule has 0 radical (unpaired) electrons. The van der Waals surface area contributed by atoms with Crippen LogP contribution in [0.2, 0.25) is 0 Å². The Morgan fingerprint density at radius 1 is 1.16 bits per heavy atom. The van der Waals surface area contributed by atoms with Crippen LogP contribution >= 0.6 is 0 Å². The fourth-order valence-corrected chi connectivity index (χ4v) is 3.90. The first-order valence-electron chi connectivity index (χ1n) is 10.4. The number of hydrogen-bond donors (Lipinski definition) is 0. The number of aryl methyl sites for hydroxylation is 2. The normalized spacial score (nSPS) is 16.5. The number of benzene rings is 1. The van der Waals surface area contributed by atoms with Crippen LogP contribution in [0.15, 0.2) is 47.2 Å². The van der Waals surface area contributed by atoms with Crippen molar-refractivity contribution in [2.45, 2.75) is 26.3 Å². The van der Waals surface area contributed by atoms with Crippen molar-refractivity contribution in [3.63, 3.8) is 0 Å². The predicted octanol–water partition coefficient (Wildman–Crippen LogP) is 2.82. The van der Waals surface area contributed by atoms with Gasteiger partial charge >= 0.3 is 0 Å². The number of pyridine rings is 1. The summed E-state index contributed by atoms with van der Waals surface area (Å²) in [6.45, 7) is 4.80. The maximum Gasteiger partial charge on any atom is 0.256 e. The zero-order valence-corrected chi connectivity index (χ0v) is 18.3. The number of amides is 2. The number of aromatic nitrogens is 3. The van der Waals surface area contributed by atoms with Crippen LogP contribution in [0.3, 0.4) is 0 Å². The third-order valence-electron chi connectivity index (χ3n) is 5.55. The summed E-state index contributed by atoms with van der Waals surface area (Å²) in [5.41, 5.74) is 1.89. The lowest BCUT2D eigenvalue weighted by Gasteiger charge is -2.29. The third kappa shape index (κ3) is 4.32. The van der Waals surface area contributed by atoms with Gasteiger partial charge < -0.3 is 19.1 Å². The van der Waals surface area contributed by atoms with E-state index < -0.39 is 6.04 Å². The van der Waals surface area contributed by atoms with Crippen molar-refractivity contribution in [3.8, 4) is 5.75 Å². The molecule has 1 aliphatic rings. The number of hydrogen-bond acceptors (Lipinski definition) is 7. The lowest BCUT2D eigenvalue weighted by atomic mass is 10.1. The van der Waals surface area contributed by atoms with E-state index in [1.54, 1.807) is 54.3 Å². The molecule has 1 fully saturated rings. The SMILES string of the molecule is COc1ccc(C(=O)N2CCCN(C(=O)c3cccnc3)C(c3nc(C)no3)C2)c(C)c1. The van der Waals surface area contributed by atoms with Gasteiger partial charge in [-0.15, -0.1) is 0 Å². The highest BCUT2D eigenvalue weighted by atomic mass is 16.5. The summed E-state index contributed by atoms with van der Waals surface area (Å²) in [6.07, 6.45) is 3.78. The number of rotatable bonds is 4. The number of carbonyl (C=O) groups is 2. The van der Waals surface area contributed by atoms with Crippen molar-refractivity contribution in [2.24, 2.45) is 0 Å². The number of methoxy groups -OCH3 is 1. The standard InChI is InChI=1S/C23H25N5O4/c1-15-12-18(31-3)7-8-19(15)23(30)27-10-5-11-28(22(29)17-6-4-9-24-13-17)20(14-27)21-25-16(2)26-32-21/h4,6-9,12-13,20H,5,10-11,14H2,1-3H3. The van der Waals surface area contributed by atoms with Crippen molar-refractivity contribution >= 4 is 11.8 Å². The molecule has 3 heterocycles. The Kier molecular flexibility index (Phi) is 6.16. The quantitative estimate of drug-likeness (QED) is 0.621. The lowest BCUT2D eigenvalue weighted by Crippen LogP contribution is -2.40. The molecule has 9 nitrogen and oxygen atoms in total. The van der Waals surface area contributed by atoms with Gasteiger partial charge in [0.1, 0.15) is 11.8 Å². The molecule has 0 spiro atoms. The molecule has 32 heavy (non-hydrogen) atoms. The molecule has 1 unspecified atom stereocenters. The molecule has 2 amide bonds. The minimum Gasteiger partial charge on any atom is -0.497 e. The van der Waals surface area contributed by atoms with Gasteiger partial charge in [-0.05, 0) is 56.2 Å². The van der Waals surface area contributed by atoms with Crippen LogP contribution in [-0.2, 0) is 0 Å².